The summed E-state index contributed by atoms with van der Waals surface area (Å²) in [5.74, 6) is 0. The van der Waals surface area contributed by atoms with Crippen molar-refractivity contribution in [1.29, 1.82) is 5.26 Å². The summed E-state index contributed by atoms with van der Waals surface area (Å²) in [6, 6.07) is 1.87. The van der Waals surface area contributed by atoms with Crippen molar-refractivity contribution in [3.05, 3.63) is 0 Å². The van der Waals surface area contributed by atoms with Gasteiger partial charge in [-0.3, -0.25) is 4.46 Å². The number of nitrogens with zero attached hydrogens (tertiary/aromatic N) is 1. The predicted molar refractivity (Wildman–Crippen MR) is 35.9 cm³/mol. The lowest BCUT2D eigenvalue weighted by atomic mass is 10.4. The summed E-state index contributed by atoms with van der Waals surface area (Å²) >= 11 is 5.38. The largest absolute Gasteiger partial charge is 0.761 e. The Morgan fingerprint density at radius 2 is 2.18 bits per heavy atom. The van der Waals surface area contributed by atoms with Gasteiger partial charge in [-0.25, -0.2) is 0 Å². The van der Waals surface area contributed by atoms with E-state index in [1.54, 1.807) is 0 Å². The summed E-state index contributed by atoms with van der Waals surface area (Å²) < 4.78 is 13.4. The molecule has 0 spiro atoms. The van der Waals surface area contributed by atoms with E-state index in [1.165, 1.54) is 0 Å². The Bertz CT molecular complexity index is 173. The number of epoxide rings is 1. The van der Waals surface area contributed by atoms with Crippen molar-refractivity contribution in [3.63, 3.8) is 0 Å². The topological polar surface area (TPSA) is 93.9 Å². The molecule has 5 nitrogen and oxygen atoms in total. The number of ether oxygens (including phenoxy) is 1. The molecular weight excluding hydrogens is 190 g/mol. The molecule has 11 heavy (non-hydrogen) atoms. The van der Waals surface area contributed by atoms with Gasteiger partial charge in [0.05, 0.1) is 12.7 Å². The van der Waals surface area contributed by atoms with Crippen LogP contribution in [0.2, 0.25) is 0 Å². The summed E-state index contributed by atoms with van der Waals surface area (Å²) in [6.07, 6.45) is 0.0201. The highest BCUT2D eigenvalue weighted by atomic mass is 35.5. The molecule has 0 bridgehead atoms. The minimum absolute atomic E-state index is 0.0201. The molecule has 1 fully saturated rings. The van der Waals surface area contributed by atoms with Crippen LogP contribution < -0.4 is 0 Å². The molecule has 2 atom stereocenters. The maximum atomic E-state index is 8.74. The third-order valence-electron chi connectivity index (χ3n) is 0.809. The zero-order chi connectivity index (χ0) is 8.85. The molecule has 0 aliphatic carbocycles. The molecule has 1 rings (SSSR count). The molecule has 0 amide bonds. The maximum Gasteiger partial charge on any atom is 0.761 e. The molecule has 0 radical (unpaired) electrons. The van der Waals surface area contributed by atoms with Gasteiger partial charge in [-0.05, 0) is 0 Å². The van der Waals surface area contributed by atoms with E-state index in [0.717, 1.165) is 0 Å². The molecule has 2 unspecified atom stereocenters. The Morgan fingerprint density at radius 3 is 2.27 bits per heavy atom. The van der Waals surface area contributed by atoms with Crippen molar-refractivity contribution in [3.8, 4) is 6.07 Å². The number of nitriles is 1. The molecule has 7 heteroatoms. The van der Waals surface area contributed by atoms with E-state index >= 15 is 0 Å². The van der Waals surface area contributed by atoms with Gasteiger partial charge in [-0.1, -0.05) is 0 Å². The van der Waals surface area contributed by atoms with Gasteiger partial charge in [0.15, 0.2) is 0 Å². The van der Waals surface area contributed by atoms with Crippen LogP contribution in [0.4, 0.5) is 0 Å². The van der Waals surface area contributed by atoms with Crippen LogP contribution in [0.25, 0.3) is 0 Å². The first-order valence-corrected chi connectivity index (χ1v) is 4.39. The van der Waals surface area contributed by atoms with E-state index in [1.807, 2.05) is 6.07 Å². The smallest absolute Gasteiger partial charge is 0.511 e. The third-order valence-corrected chi connectivity index (χ3v) is 1.19. The summed E-state index contributed by atoms with van der Waals surface area (Å²) in [6.45, 7) is 0.654. The van der Waals surface area contributed by atoms with Crippen molar-refractivity contribution >= 4 is 20.8 Å². The van der Waals surface area contributed by atoms with E-state index in [2.05, 4.69) is 0 Å². The minimum atomic E-state index is -3.13. The van der Waals surface area contributed by atoms with Gasteiger partial charge < -0.3 is 14.3 Å². The predicted octanol–water partition coefficient (Wildman–Crippen LogP) is -1.10. The summed E-state index contributed by atoms with van der Waals surface area (Å²) in [4.78, 5) is 14.3. The molecule has 1 saturated heterocycles. The van der Waals surface area contributed by atoms with Gasteiger partial charge in [0.2, 0.25) is 0 Å². The number of hydrogen-bond acceptors (Lipinski definition) is 3. The highest BCUT2D eigenvalue weighted by Crippen LogP contribution is 2.17. The summed E-state index contributed by atoms with van der Waals surface area (Å²) in [5, 5.41) is 7.65. The SMILES string of the molecule is N#CC(Cl)C1CO1.O=[Si](O)O. The molecule has 2 N–H and O–H groups in total. The average molecular weight is 196 g/mol. The first kappa shape index (κ1) is 10.4. The second kappa shape index (κ2) is 5.07. The van der Waals surface area contributed by atoms with E-state index in [4.69, 9.17) is 35.7 Å². The van der Waals surface area contributed by atoms with Crippen LogP contribution >= 0.6 is 11.6 Å². The number of alkyl halides is 1. The third kappa shape index (κ3) is 7.25. The fourth-order valence-corrected chi connectivity index (χ4v) is 0.453. The van der Waals surface area contributed by atoms with Crippen molar-refractivity contribution in [1.82, 2.24) is 0 Å². The highest BCUT2D eigenvalue weighted by molar-refractivity contribution is 6.22. The normalized spacial score (nSPS) is 22.0. The zero-order valence-electron chi connectivity index (χ0n) is 5.40. The lowest BCUT2D eigenvalue weighted by Crippen LogP contribution is -2.01. The van der Waals surface area contributed by atoms with Crippen LogP contribution in [0.5, 0.6) is 0 Å². The second-order valence-electron chi connectivity index (χ2n) is 1.69. The van der Waals surface area contributed by atoms with E-state index in [9.17, 15) is 0 Å². The highest BCUT2D eigenvalue weighted by Gasteiger charge is 2.30. The Hall–Kier alpha value is -0.643. The summed E-state index contributed by atoms with van der Waals surface area (Å²) in [7, 11) is -3.13. The van der Waals surface area contributed by atoms with Crippen LogP contribution in [-0.4, -0.2) is 36.8 Å². The van der Waals surface area contributed by atoms with E-state index < -0.39 is 14.5 Å². The number of halogens is 1. The summed E-state index contributed by atoms with van der Waals surface area (Å²) in [5.41, 5.74) is 0. The first-order chi connectivity index (χ1) is 5.07. The van der Waals surface area contributed by atoms with Gasteiger partial charge in [0, 0.05) is 0 Å². The van der Waals surface area contributed by atoms with Crippen LogP contribution in [0, 0.1) is 11.3 Å². The Balaban J connectivity index is 0.000000218. The van der Waals surface area contributed by atoms with Crippen molar-refractivity contribution in [2.75, 3.05) is 6.61 Å². The van der Waals surface area contributed by atoms with E-state index in [-0.39, 0.29) is 6.10 Å². The van der Waals surface area contributed by atoms with Gasteiger partial charge in [0.1, 0.15) is 11.5 Å². The van der Waals surface area contributed by atoms with Gasteiger partial charge in [0.25, 0.3) is 0 Å². The molecule has 0 aromatic heterocycles. The zero-order valence-corrected chi connectivity index (χ0v) is 7.15. The van der Waals surface area contributed by atoms with Crippen molar-refractivity contribution < 1.29 is 18.8 Å². The monoisotopic (exact) mass is 195 g/mol. The Morgan fingerprint density at radius 1 is 1.82 bits per heavy atom. The molecule has 1 aliphatic rings. The molecule has 62 valence electrons. The van der Waals surface area contributed by atoms with Crippen molar-refractivity contribution in [2.24, 2.45) is 0 Å². The van der Waals surface area contributed by atoms with E-state index in [0.29, 0.717) is 6.61 Å². The lowest BCUT2D eigenvalue weighted by Gasteiger charge is -1.84. The van der Waals surface area contributed by atoms with Crippen LogP contribution in [-0.2, 0) is 9.20 Å². The average Bonchev–Trinajstić information content (AvgIpc) is 2.66. The first-order valence-electron chi connectivity index (χ1n) is 2.65. The van der Waals surface area contributed by atoms with Gasteiger partial charge >= 0.3 is 9.17 Å². The lowest BCUT2D eigenvalue weighted by molar-refractivity contribution is 0.330. The fraction of sp³-hybridized carbons (Fsp3) is 0.750. The number of rotatable bonds is 1. The molecule has 1 heterocycles. The van der Waals surface area contributed by atoms with Crippen molar-refractivity contribution in [2.45, 2.75) is 11.5 Å². The second-order valence-corrected chi connectivity index (χ2v) is 2.72. The molecule has 0 saturated carbocycles. The van der Waals surface area contributed by atoms with Gasteiger partial charge in [-0.2, -0.15) is 5.26 Å². The maximum absolute atomic E-state index is 8.74. The molecule has 0 aromatic rings. The van der Waals surface area contributed by atoms with Crippen LogP contribution in [0.1, 0.15) is 0 Å². The standard InChI is InChI=1S/C4H4ClNO.H2O3Si/c5-3(1-6)4-2-7-4;1-4(2)3/h3-4H,2H2;1-2H. The molecular formula is C4H6ClNO4Si. The minimum Gasteiger partial charge on any atom is -0.511 e. The van der Waals surface area contributed by atoms with Gasteiger partial charge in [-0.15, -0.1) is 11.6 Å². The molecule has 0 aromatic carbocycles. The molecule has 1 aliphatic heterocycles. The van der Waals surface area contributed by atoms with Crippen LogP contribution in [0.3, 0.4) is 0 Å². The fourth-order valence-electron chi connectivity index (χ4n) is 0.308. The Kier molecular flexibility index (Phi) is 4.77. The quantitative estimate of drug-likeness (QED) is 0.315. The Labute approximate surface area is 69.7 Å². The number of hydrogen-bond donors (Lipinski definition) is 2. The van der Waals surface area contributed by atoms with Crippen LogP contribution in [0.15, 0.2) is 0 Å².